The number of hydrogen-bond donors (Lipinski definition) is 1. The van der Waals surface area contributed by atoms with Crippen LogP contribution in [0.2, 0.25) is 0 Å². The van der Waals surface area contributed by atoms with Gasteiger partial charge in [0.1, 0.15) is 6.54 Å². The Kier molecular flexibility index (Phi) is 6.12. The quantitative estimate of drug-likeness (QED) is 0.790. The van der Waals surface area contributed by atoms with Crippen LogP contribution in [0.25, 0.3) is 0 Å². The van der Waals surface area contributed by atoms with E-state index in [4.69, 9.17) is 9.84 Å². The maximum absolute atomic E-state index is 12.4. The molecule has 0 spiro atoms. The summed E-state index contributed by atoms with van der Waals surface area (Å²) in [6.07, 6.45) is 0. The van der Waals surface area contributed by atoms with E-state index in [2.05, 4.69) is 15.9 Å². The van der Waals surface area contributed by atoms with Gasteiger partial charge in [-0.05, 0) is 30.7 Å². The van der Waals surface area contributed by atoms with E-state index >= 15 is 0 Å². The number of ether oxygens (including phenoxy) is 1. The minimum Gasteiger partial charge on any atom is -0.480 e. The van der Waals surface area contributed by atoms with Crippen molar-refractivity contribution in [1.29, 1.82) is 0 Å². The van der Waals surface area contributed by atoms with Crippen molar-refractivity contribution < 1.29 is 23.1 Å². The summed E-state index contributed by atoms with van der Waals surface area (Å²) in [5, 5.41) is 8.84. The normalized spacial score (nSPS) is 11.8. The van der Waals surface area contributed by atoms with Crippen LogP contribution in [-0.2, 0) is 19.6 Å². The van der Waals surface area contributed by atoms with Crippen LogP contribution in [0, 0.1) is 6.92 Å². The van der Waals surface area contributed by atoms with E-state index in [-0.39, 0.29) is 18.0 Å². The number of aliphatic carboxylic acids is 1. The SMILES string of the molecule is COCCN(CC(=O)O)S(=O)(=O)c1ccc(Br)c(C)c1. The Bertz CT molecular complexity index is 588. The first kappa shape index (κ1) is 17.1. The molecule has 8 heteroatoms. The number of carboxylic acid groups (broad SMARTS) is 1. The number of nitrogens with zero attached hydrogens (tertiary/aromatic N) is 1. The van der Waals surface area contributed by atoms with Crippen molar-refractivity contribution in [2.75, 3.05) is 26.8 Å². The van der Waals surface area contributed by atoms with E-state index < -0.39 is 22.5 Å². The third-order valence-electron chi connectivity index (χ3n) is 2.62. The molecule has 0 aliphatic rings. The molecule has 0 saturated carbocycles. The van der Waals surface area contributed by atoms with Gasteiger partial charge in [0.25, 0.3) is 0 Å². The first-order valence-corrected chi connectivity index (χ1v) is 7.99. The van der Waals surface area contributed by atoms with Gasteiger partial charge in [0.05, 0.1) is 11.5 Å². The minimum absolute atomic E-state index is 0.0136. The van der Waals surface area contributed by atoms with Gasteiger partial charge in [-0.15, -0.1) is 0 Å². The molecule has 0 aromatic heterocycles. The first-order valence-electron chi connectivity index (χ1n) is 5.76. The van der Waals surface area contributed by atoms with Crippen LogP contribution in [0.4, 0.5) is 0 Å². The zero-order valence-electron chi connectivity index (χ0n) is 11.2. The average Bonchev–Trinajstić information content (AvgIpc) is 2.37. The number of methoxy groups -OCH3 is 1. The van der Waals surface area contributed by atoms with Gasteiger partial charge in [-0.3, -0.25) is 4.79 Å². The van der Waals surface area contributed by atoms with Gasteiger partial charge in [0.15, 0.2) is 0 Å². The number of aryl methyl sites for hydroxylation is 1. The van der Waals surface area contributed by atoms with Crippen LogP contribution in [-0.4, -0.2) is 50.6 Å². The largest absolute Gasteiger partial charge is 0.480 e. The van der Waals surface area contributed by atoms with E-state index in [9.17, 15) is 13.2 Å². The highest BCUT2D eigenvalue weighted by Gasteiger charge is 2.26. The van der Waals surface area contributed by atoms with Crippen molar-refractivity contribution >= 4 is 31.9 Å². The van der Waals surface area contributed by atoms with E-state index in [0.717, 1.165) is 14.3 Å². The van der Waals surface area contributed by atoms with Gasteiger partial charge in [0.2, 0.25) is 10.0 Å². The van der Waals surface area contributed by atoms with Gasteiger partial charge in [0, 0.05) is 18.1 Å². The van der Waals surface area contributed by atoms with E-state index in [1.165, 1.54) is 19.2 Å². The van der Waals surface area contributed by atoms with Crippen molar-refractivity contribution in [3.8, 4) is 0 Å². The standard InChI is InChI=1S/C12H16BrNO5S/c1-9-7-10(3-4-11(9)13)20(17,18)14(5-6-19-2)8-12(15)16/h3-4,7H,5-6,8H2,1-2H3,(H,15,16). The van der Waals surface area contributed by atoms with E-state index in [0.29, 0.717) is 0 Å². The molecule has 0 bridgehead atoms. The lowest BCUT2D eigenvalue weighted by Crippen LogP contribution is -2.38. The van der Waals surface area contributed by atoms with E-state index in [1.54, 1.807) is 13.0 Å². The number of carboxylic acids is 1. The van der Waals surface area contributed by atoms with Crippen molar-refractivity contribution in [3.63, 3.8) is 0 Å². The Morgan fingerprint density at radius 1 is 1.45 bits per heavy atom. The van der Waals surface area contributed by atoms with E-state index in [1.807, 2.05) is 0 Å². The third kappa shape index (κ3) is 4.27. The summed E-state index contributed by atoms with van der Waals surface area (Å²) in [6.45, 7) is 1.28. The molecule has 0 radical (unpaired) electrons. The second-order valence-electron chi connectivity index (χ2n) is 4.14. The summed E-state index contributed by atoms with van der Waals surface area (Å²) in [5.41, 5.74) is 0.757. The Labute approximate surface area is 126 Å². The van der Waals surface area contributed by atoms with Crippen LogP contribution < -0.4 is 0 Å². The Balaban J connectivity index is 3.13. The summed E-state index contributed by atoms with van der Waals surface area (Å²) < 4.78 is 31.4. The van der Waals surface area contributed by atoms with Gasteiger partial charge in [-0.1, -0.05) is 15.9 Å². The highest BCUT2D eigenvalue weighted by Crippen LogP contribution is 2.22. The lowest BCUT2D eigenvalue weighted by molar-refractivity contribution is -0.137. The fourth-order valence-corrected chi connectivity index (χ4v) is 3.26. The molecular formula is C12H16BrNO5S. The number of hydrogen-bond acceptors (Lipinski definition) is 4. The third-order valence-corrected chi connectivity index (χ3v) is 5.35. The average molecular weight is 366 g/mol. The predicted molar refractivity (Wildman–Crippen MR) is 77.1 cm³/mol. The topological polar surface area (TPSA) is 83.9 Å². The second-order valence-corrected chi connectivity index (χ2v) is 6.93. The van der Waals surface area contributed by atoms with Gasteiger partial charge in [-0.25, -0.2) is 8.42 Å². The summed E-state index contributed by atoms with van der Waals surface area (Å²) in [4.78, 5) is 10.9. The molecule has 1 rings (SSSR count). The number of rotatable bonds is 7. The van der Waals surface area contributed by atoms with Gasteiger partial charge >= 0.3 is 5.97 Å². The van der Waals surface area contributed by atoms with Gasteiger partial charge < -0.3 is 9.84 Å². The molecule has 0 unspecified atom stereocenters. The Morgan fingerprint density at radius 3 is 2.60 bits per heavy atom. The molecule has 1 N–H and O–H groups in total. The van der Waals surface area contributed by atoms with Gasteiger partial charge in [-0.2, -0.15) is 4.31 Å². The molecule has 0 saturated heterocycles. The molecule has 1 aromatic carbocycles. The summed E-state index contributed by atoms with van der Waals surface area (Å²) >= 11 is 3.29. The molecule has 0 amide bonds. The molecule has 112 valence electrons. The Morgan fingerprint density at radius 2 is 2.10 bits per heavy atom. The first-order chi connectivity index (χ1) is 9.28. The number of carbonyl (C=O) groups is 1. The summed E-state index contributed by atoms with van der Waals surface area (Å²) in [7, 11) is -2.43. The fraction of sp³-hybridized carbons (Fsp3) is 0.417. The molecule has 0 heterocycles. The minimum atomic E-state index is -3.86. The molecule has 0 atom stereocenters. The molecule has 20 heavy (non-hydrogen) atoms. The fourth-order valence-electron chi connectivity index (χ4n) is 1.55. The highest BCUT2D eigenvalue weighted by atomic mass is 79.9. The molecule has 6 nitrogen and oxygen atoms in total. The molecule has 0 aliphatic heterocycles. The summed E-state index contributed by atoms with van der Waals surface area (Å²) in [5.74, 6) is -1.21. The van der Waals surface area contributed by atoms with Crippen molar-refractivity contribution in [2.24, 2.45) is 0 Å². The lowest BCUT2D eigenvalue weighted by atomic mass is 10.2. The number of halogens is 1. The zero-order valence-corrected chi connectivity index (χ0v) is 13.6. The van der Waals surface area contributed by atoms with Crippen LogP contribution in [0.15, 0.2) is 27.6 Å². The zero-order chi connectivity index (χ0) is 15.3. The van der Waals surface area contributed by atoms with Crippen molar-refractivity contribution in [3.05, 3.63) is 28.2 Å². The predicted octanol–water partition coefficient (Wildman–Crippen LogP) is 1.48. The number of sulfonamides is 1. The smallest absolute Gasteiger partial charge is 0.318 e. The molecule has 1 aromatic rings. The van der Waals surface area contributed by atoms with Crippen molar-refractivity contribution in [1.82, 2.24) is 4.31 Å². The molecule has 0 aliphatic carbocycles. The number of benzene rings is 1. The lowest BCUT2D eigenvalue weighted by Gasteiger charge is -2.20. The maximum atomic E-state index is 12.4. The van der Waals surface area contributed by atoms with Crippen LogP contribution in [0.3, 0.4) is 0 Å². The van der Waals surface area contributed by atoms with Crippen LogP contribution in [0.5, 0.6) is 0 Å². The molecular weight excluding hydrogens is 350 g/mol. The van der Waals surface area contributed by atoms with Crippen molar-refractivity contribution in [2.45, 2.75) is 11.8 Å². The summed E-state index contributed by atoms with van der Waals surface area (Å²) in [6, 6.07) is 4.56. The Hall–Kier alpha value is -0.960. The van der Waals surface area contributed by atoms with Crippen LogP contribution in [0.1, 0.15) is 5.56 Å². The van der Waals surface area contributed by atoms with Crippen LogP contribution >= 0.6 is 15.9 Å². The highest BCUT2D eigenvalue weighted by molar-refractivity contribution is 9.10. The molecule has 0 fully saturated rings. The second kappa shape index (κ2) is 7.16. The maximum Gasteiger partial charge on any atom is 0.318 e. The monoisotopic (exact) mass is 365 g/mol.